The highest BCUT2D eigenvalue weighted by Crippen LogP contribution is 2.19. The summed E-state index contributed by atoms with van der Waals surface area (Å²) in [5, 5.41) is 25.5. The summed E-state index contributed by atoms with van der Waals surface area (Å²) in [7, 11) is 0. The molecule has 14 heteroatoms. The number of ether oxygens (including phenoxy) is 2. The largest absolute Gasteiger partial charge is 0.444 e. The Morgan fingerprint density at radius 2 is 0.880 bits per heavy atom. The number of aryl methyl sites for hydroxylation is 2. The van der Waals surface area contributed by atoms with Crippen LogP contribution in [0.4, 0.5) is 21.0 Å². The molecule has 50 heavy (non-hydrogen) atoms. The molecule has 4 rings (SSSR count). The first-order valence-electron chi connectivity index (χ1n) is 16.4. The van der Waals surface area contributed by atoms with Crippen LogP contribution in [0.1, 0.15) is 85.5 Å². The fourth-order valence-electron chi connectivity index (χ4n) is 4.65. The maximum absolute atomic E-state index is 12.7. The number of unbranched alkanes of at least 4 members (excludes halogenated alkanes) is 1. The van der Waals surface area contributed by atoms with Crippen molar-refractivity contribution in [3.8, 4) is 0 Å². The van der Waals surface area contributed by atoms with E-state index in [4.69, 9.17) is 9.47 Å². The van der Waals surface area contributed by atoms with E-state index in [-0.39, 0.29) is 37.2 Å². The van der Waals surface area contributed by atoms with E-state index in [0.717, 1.165) is 46.8 Å². The lowest BCUT2D eigenvalue weighted by molar-refractivity contribution is -0.118. The molecule has 0 fully saturated rings. The van der Waals surface area contributed by atoms with E-state index in [1.54, 1.807) is 65.8 Å². The van der Waals surface area contributed by atoms with E-state index >= 15 is 0 Å². The SMILES string of the molecule is CC(C)(C)OC(=O)Nc1ccc(CC(=O)Cc2nnc(CCCCc3nnc(CC(=O)Cc4ccc(NC(=O)OC(C)(C)C)cc4)s3)s2)cc1. The first-order valence-corrected chi connectivity index (χ1v) is 18.1. The predicted molar refractivity (Wildman–Crippen MR) is 194 cm³/mol. The van der Waals surface area contributed by atoms with E-state index in [0.29, 0.717) is 21.4 Å². The number of hydrogen-bond donors (Lipinski definition) is 2. The molecular weight excluding hydrogens is 677 g/mol. The van der Waals surface area contributed by atoms with Crippen LogP contribution in [-0.2, 0) is 57.6 Å². The van der Waals surface area contributed by atoms with E-state index in [2.05, 4.69) is 31.0 Å². The van der Waals surface area contributed by atoms with Gasteiger partial charge in [-0.15, -0.1) is 43.1 Å². The molecule has 0 aliphatic heterocycles. The van der Waals surface area contributed by atoms with E-state index in [1.165, 1.54) is 22.7 Å². The molecule has 0 aliphatic rings. The van der Waals surface area contributed by atoms with Crippen LogP contribution in [-0.4, -0.2) is 55.3 Å². The molecule has 2 aromatic heterocycles. The second-order valence-electron chi connectivity index (χ2n) is 13.8. The van der Waals surface area contributed by atoms with Gasteiger partial charge >= 0.3 is 12.2 Å². The molecule has 0 radical (unpaired) electrons. The number of hydrogen-bond acceptors (Lipinski definition) is 12. The smallest absolute Gasteiger partial charge is 0.412 e. The van der Waals surface area contributed by atoms with Crippen LogP contribution in [0.3, 0.4) is 0 Å². The highest BCUT2D eigenvalue weighted by atomic mass is 32.1. The minimum absolute atomic E-state index is 0.0385. The van der Waals surface area contributed by atoms with Crippen molar-refractivity contribution in [2.75, 3.05) is 10.6 Å². The molecule has 0 bridgehead atoms. The van der Waals surface area contributed by atoms with Gasteiger partial charge in [-0.25, -0.2) is 9.59 Å². The zero-order chi connectivity index (χ0) is 36.3. The number of nitrogens with zero attached hydrogens (tertiary/aromatic N) is 4. The van der Waals surface area contributed by atoms with Crippen LogP contribution >= 0.6 is 22.7 Å². The summed E-state index contributed by atoms with van der Waals surface area (Å²) in [5.74, 6) is 0.0770. The lowest BCUT2D eigenvalue weighted by Gasteiger charge is -2.19. The summed E-state index contributed by atoms with van der Waals surface area (Å²) >= 11 is 2.91. The van der Waals surface area contributed by atoms with Gasteiger partial charge < -0.3 is 9.47 Å². The molecule has 0 unspecified atom stereocenters. The Hall–Kier alpha value is -4.56. The molecule has 2 N–H and O–H groups in total. The third-order valence-corrected chi connectivity index (χ3v) is 8.71. The molecule has 0 saturated heterocycles. The summed E-state index contributed by atoms with van der Waals surface area (Å²) in [5.41, 5.74) is 1.72. The summed E-state index contributed by atoms with van der Waals surface area (Å²) in [6.07, 6.45) is 3.20. The van der Waals surface area contributed by atoms with Gasteiger partial charge in [-0.1, -0.05) is 24.3 Å². The molecular formula is C36H44N6O6S2. The van der Waals surface area contributed by atoms with Crippen molar-refractivity contribution in [3.63, 3.8) is 0 Å². The number of aromatic nitrogens is 4. The number of ketones is 2. The first-order chi connectivity index (χ1) is 23.6. The van der Waals surface area contributed by atoms with Gasteiger partial charge in [-0.2, -0.15) is 0 Å². The Labute approximate surface area is 300 Å². The van der Waals surface area contributed by atoms with Gasteiger partial charge in [0.05, 0.1) is 12.8 Å². The summed E-state index contributed by atoms with van der Waals surface area (Å²) in [6, 6.07) is 14.2. The molecule has 12 nitrogen and oxygen atoms in total. The molecule has 266 valence electrons. The normalized spacial score (nSPS) is 11.6. The van der Waals surface area contributed by atoms with Gasteiger partial charge in [0, 0.05) is 37.1 Å². The fraction of sp³-hybridized carbons (Fsp3) is 0.444. The number of benzene rings is 2. The molecule has 2 aromatic carbocycles. The molecule has 0 saturated carbocycles. The second kappa shape index (κ2) is 17.4. The quantitative estimate of drug-likeness (QED) is 0.119. The number of Topliss-reactive ketones (excluding diaryl/α,β-unsaturated/α-hetero) is 2. The highest BCUT2D eigenvalue weighted by molar-refractivity contribution is 7.11. The summed E-state index contributed by atoms with van der Waals surface area (Å²) in [4.78, 5) is 49.2. The van der Waals surface area contributed by atoms with Gasteiger partial charge in [0.1, 0.15) is 42.8 Å². The maximum atomic E-state index is 12.7. The third kappa shape index (κ3) is 14.1. The Morgan fingerprint density at radius 3 is 1.22 bits per heavy atom. The zero-order valence-electron chi connectivity index (χ0n) is 29.3. The Balaban J connectivity index is 1.12. The van der Waals surface area contributed by atoms with E-state index < -0.39 is 23.4 Å². The molecule has 0 atom stereocenters. The van der Waals surface area contributed by atoms with Crippen molar-refractivity contribution in [2.45, 2.75) is 104 Å². The average molecular weight is 721 g/mol. The number of nitrogens with one attached hydrogen (secondary N) is 2. The number of anilines is 2. The van der Waals surface area contributed by atoms with Crippen LogP contribution in [0.25, 0.3) is 0 Å². The zero-order valence-corrected chi connectivity index (χ0v) is 31.0. The van der Waals surface area contributed by atoms with E-state index in [9.17, 15) is 19.2 Å². The molecule has 0 spiro atoms. The van der Waals surface area contributed by atoms with Crippen molar-refractivity contribution in [1.29, 1.82) is 0 Å². The standard InChI is InChI=1S/C36H44N6O6S2/c1-35(2,3)47-33(45)37-25-15-11-23(12-16-25)19-27(43)21-31-41-39-29(49-31)9-7-8-10-30-40-42-32(50-30)22-28(44)20-24-13-17-26(18-14-24)38-34(46)48-36(4,5)6/h11-18H,7-10,19-22H2,1-6H3,(H,37,45)(H,38,46). The average Bonchev–Trinajstić information content (AvgIpc) is 3.64. The maximum Gasteiger partial charge on any atom is 0.412 e. The van der Waals surface area contributed by atoms with E-state index in [1.807, 2.05) is 24.3 Å². The topological polar surface area (TPSA) is 162 Å². The molecule has 0 aliphatic carbocycles. The Kier molecular flexibility index (Phi) is 13.3. The van der Waals surface area contributed by atoms with Gasteiger partial charge in [-0.05, 0) is 89.8 Å². The van der Waals surface area contributed by atoms with Crippen molar-refractivity contribution < 1.29 is 28.7 Å². The summed E-state index contributed by atoms with van der Waals surface area (Å²) in [6.45, 7) is 10.8. The summed E-state index contributed by atoms with van der Waals surface area (Å²) < 4.78 is 10.5. The Bertz CT molecular complexity index is 1630. The van der Waals surface area contributed by atoms with Gasteiger partial charge in [-0.3, -0.25) is 20.2 Å². The minimum atomic E-state index is -0.584. The molecule has 2 heterocycles. The number of carbonyl (C=O) groups is 4. The minimum Gasteiger partial charge on any atom is -0.444 e. The van der Waals surface area contributed by atoms with Gasteiger partial charge in [0.25, 0.3) is 0 Å². The number of amides is 2. The van der Waals surface area contributed by atoms with Crippen LogP contribution in [0.2, 0.25) is 0 Å². The predicted octanol–water partition coefficient (Wildman–Crippen LogP) is 7.36. The molecule has 2 amide bonds. The van der Waals surface area contributed by atoms with Gasteiger partial charge in [0.15, 0.2) is 0 Å². The molecule has 4 aromatic rings. The lowest BCUT2D eigenvalue weighted by Crippen LogP contribution is -2.27. The number of rotatable bonds is 15. The third-order valence-electron chi connectivity index (χ3n) is 6.75. The van der Waals surface area contributed by atoms with Crippen molar-refractivity contribution >= 4 is 57.8 Å². The van der Waals surface area contributed by atoms with Crippen molar-refractivity contribution in [1.82, 2.24) is 20.4 Å². The Morgan fingerprint density at radius 1 is 0.540 bits per heavy atom. The van der Waals surface area contributed by atoms with Crippen LogP contribution < -0.4 is 10.6 Å². The van der Waals surface area contributed by atoms with Crippen LogP contribution in [0.15, 0.2) is 48.5 Å². The lowest BCUT2D eigenvalue weighted by atomic mass is 10.1. The second-order valence-corrected chi connectivity index (χ2v) is 16.1. The monoisotopic (exact) mass is 720 g/mol. The fourth-order valence-corrected chi connectivity index (χ4v) is 6.48. The van der Waals surface area contributed by atoms with Crippen molar-refractivity contribution in [3.05, 3.63) is 79.7 Å². The van der Waals surface area contributed by atoms with Crippen LogP contribution in [0, 0.1) is 0 Å². The van der Waals surface area contributed by atoms with Crippen LogP contribution in [0.5, 0.6) is 0 Å². The highest BCUT2D eigenvalue weighted by Gasteiger charge is 2.18. The first kappa shape index (κ1) is 38.2. The van der Waals surface area contributed by atoms with Gasteiger partial charge in [0.2, 0.25) is 0 Å². The number of carbonyl (C=O) groups excluding carboxylic acids is 4. The van der Waals surface area contributed by atoms with Crippen molar-refractivity contribution in [2.24, 2.45) is 0 Å².